The van der Waals surface area contributed by atoms with E-state index in [0.717, 1.165) is 25.7 Å². The van der Waals surface area contributed by atoms with E-state index in [9.17, 15) is 24.4 Å². The van der Waals surface area contributed by atoms with Gasteiger partial charge in [-0.05, 0) is 38.0 Å². The first kappa shape index (κ1) is 27.6. The maximum atomic E-state index is 13.6. The molecule has 0 spiro atoms. The van der Waals surface area contributed by atoms with Gasteiger partial charge in [-0.3, -0.25) is 19.2 Å². The number of hydrogen-bond acceptors (Lipinski definition) is 5. The summed E-state index contributed by atoms with van der Waals surface area (Å²) in [6.07, 6.45) is 5.73. The zero-order chi connectivity index (χ0) is 25.5. The Kier molecular flexibility index (Phi) is 9.90. The monoisotopic (exact) mass is 475 g/mol. The van der Waals surface area contributed by atoms with E-state index in [0.29, 0.717) is 25.8 Å². The Bertz CT molecular complexity index is 794. The van der Waals surface area contributed by atoms with E-state index in [4.69, 9.17) is 0 Å². The lowest BCUT2D eigenvalue weighted by molar-refractivity contribution is -0.144. The third-order valence-corrected chi connectivity index (χ3v) is 6.94. The van der Waals surface area contributed by atoms with Gasteiger partial charge in [0.2, 0.25) is 23.6 Å². The number of amides is 4. The maximum Gasteiger partial charge on any atom is 0.245 e. The summed E-state index contributed by atoms with van der Waals surface area (Å²) in [5.74, 6) is -1.23. The predicted octanol–water partition coefficient (Wildman–Crippen LogP) is 1.87. The van der Waals surface area contributed by atoms with Crippen LogP contribution in [0.5, 0.6) is 0 Å². The molecule has 1 saturated carbocycles. The minimum atomic E-state index is -0.810. The molecule has 1 heterocycles. The summed E-state index contributed by atoms with van der Waals surface area (Å²) >= 11 is 0. The van der Waals surface area contributed by atoms with Crippen LogP contribution in [0.4, 0.5) is 0 Å². The Morgan fingerprint density at radius 2 is 1.82 bits per heavy atom. The maximum absolute atomic E-state index is 13.6. The Hall–Kier alpha value is -2.63. The Morgan fingerprint density at radius 3 is 2.32 bits per heavy atom. The first-order valence-electron chi connectivity index (χ1n) is 12.5. The lowest BCUT2D eigenvalue weighted by Crippen LogP contribution is -2.58. The Balaban J connectivity index is 2.15. The summed E-state index contributed by atoms with van der Waals surface area (Å²) in [5.41, 5.74) is -0.636. The van der Waals surface area contributed by atoms with Crippen LogP contribution in [0, 0.1) is 28.6 Å². The second kappa shape index (κ2) is 12.2. The highest BCUT2D eigenvalue weighted by Gasteiger charge is 2.39. The molecular formula is C25H41N5O4. The lowest BCUT2D eigenvalue weighted by atomic mass is 9.91. The Morgan fingerprint density at radius 1 is 1.18 bits per heavy atom. The zero-order valence-corrected chi connectivity index (χ0v) is 21.3. The van der Waals surface area contributed by atoms with E-state index in [2.05, 4.69) is 22.0 Å². The lowest BCUT2D eigenvalue weighted by Gasteiger charge is -2.34. The number of hydrogen-bond donors (Lipinski definition) is 3. The van der Waals surface area contributed by atoms with Gasteiger partial charge in [0.15, 0.2) is 0 Å². The quantitative estimate of drug-likeness (QED) is 0.444. The van der Waals surface area contributed by atoms with Crippen molar-refractivity contribution in [2.24, 2.45) is 17.3 Å². The highest BCUT2D eigenvalue weighted by atomic mass is 16.2. The molecule has 0 radical (unpaired) electrons. The van der Waals surface area contributed by atoms with Crippen molar-refractivity contribution in [1.82, 2.24) is 20.9 Å². The molecule has 4 atom stereocenters. The molecule has 1 aliphatic heterocycles. The minimum absolute atomic E-state index is 0.0410. The molecule has 190 valence electrons. The summed E-state index contributed by atoms with van der Waals surface area (Å²) < 4.78 is 0. The van der Waals surface area contributed by atoms with Crippen molar-refractivity contribution < 1.29 is 19.2 Å². The van der Waals surface area contributed by atoms with Crippen molar-refractivity contribution in [2.45, 2.75) is 97.2 Å². The highest BCUT2D eigenvalue weighted by Crippen LogP contribution is 2.30. The number of nitrogens with zero attached hydrogens (tertiary/aromatic N) is 2. The van der Waals surface area contributed by atoms with Gasteiger partial charge in [-0.2, -0.15) is 5.26 Å². The molecule has 1 aliphatic carbocycles. The van der Waals surface area contributed by atoms with E-state index in [1.165, 1.54) is 4.90 Å². The van der Waals surface area contributed by atoms with Crippen LogP contribution < -0.4 is 16.0 Å². The van der Waals surface area contributed by atoms with Crippen LogP contribution in [-0.4, -0.2) is 60.2 Å². The summed E-state index contributed by atoms with van der Waals surface area (Å²) in [5, 5.41) is 18.0. The van der Waals surface area contributed by atoms with Crippen LogP contribution in [0.1, 0.15) is 79.1 Å². The molecule has 0 unspecified atom stereocenters. The Labute approximate surface area is 203 Å². The SMILES string of the molecule is CCC[C@@H](C(=O)N[C@H](C#N)C[C@@H]1CCNC1=O)N(C)C(=O)[C@H](NC(=O)C(C)(C)C)C1CCCC1. The van der Waals surface area contributed by atoms with E-state index in [1.807, 2.05) is 27.7 Å². The molecule has 9 heteroatoms. The van der Waals surface area contributed by atoms with Gasteiger partial charge in [-0.1, -0.05) is 47.0 Å². The van der Waals surface area contributed by atoms with E-state index in [1.54, 1.807) is 7.05 Å². The van der Waals surface area contributed by atoms with Gasteiger partial charge in [0.05, 0.1) is 6.07 Å². The smallest absolute Gasteiger partial charge is 0.245 e. The summed E-state index contributed by atoms with van der Waals surface area (Å²) in [6.45, 7) is 7.93. The van der Waals surface area contributed by atoms with E-state index in [-0.39, 0.29) is 36.0 Å². The minimum Gasteiger partial charge on any atom is -0.356 e. The molecule has 2 aliphatic rings. The summed E-state index contributed by atoms with van der Waals surface area (Å²) in [6, 6.07) is -0.169. The van der Waals surface area contributed by atoms with Crippen LogP contribution >= 0.6 is 0 Å². The van der Waals surface area contributed by atoms with Gasteiger partial charge in [0, 0.05) is 24.9 Å². The van der Waals surface area contributed by atoms with E-state index >= 15 is 0 Å². The number of nitrogens with one attached hydrogen (secondary N) is 3. The zero-order valence-electron chi connectivity index (χ0n) is 21.3. The van der Waals surface area contributed by atoms with Gasteiger partial charge in [-0.15, -0.1) is 0 Å². The largest absolute Gasteiger partial charge is 0.356 e. The summed E-state index contributed by atoms with van der Waals surface area (Å²) in [7, 11) is 1.60. The second-order valence-corrected chi connectivity index (χ2v) is 10.7. The molecule has 3 N–H and O–H groups in total. The molecule has 0 aromatic carbocycles. The molecular weight excluding hydrogens is 434 g/mol. The van der Waals surface area contributed by atoms with Crippen molar-refractivity contribution in [3.8, 4) is 6.07 Å². The molecule has 0 bridgehead atoms. The second-order valence-electron chi connectivity index (χ2n) is 10.7. The molecule has 2 rings (SSSR count). The van der Waals surface area contributed by atoms with E-state index < -0.39 is 29.4 Å². The normalized spacial score (nSPS) is 21.2. The average Bonchev–Trinajstić information content (AvgIpc) is 3.45. The first-order chi connectivity index (χ1) is 16.0. The number of carbonyl (C=O) groups is 4. The molecule has 1 saturated heterocycles. The topological polar surface area (TPSA) is 131 Å². The van der Waals surface area contributed by atoms with Crippen LogP contribution in [0.3, 0.4) is 0 Å². The van der Waals surface area contributed by atoms with Gasteiger partial charge in [0.1, 0.15) is 18.1 Å². The first-order valence-corrected chi connectivity index (χ1v) is 12.5. The molecule has 34 heavy (non-hydrogen) atoms. The fourth-order valence-electron chi connectivity index (χ4n) is 4.74. The number of likely N-dealkylation sites (N-methyl/N-ethyl adjacent to an activating group) is 1. The third kappa shape index (κ3) is 7.18. The molecule has 2 fully saturated rings. The predicted molar refractivity (Wildman–Crippen MR) is 128 cm³/mol. The van der Waals surface area contributed by atoms with Gasteiger partial charge < -0.3 is 20.9 Å². The molecule has 9 nitrogen and oxygen atoms in total. The number of rotatable bonds is 10. The number of nitriles is 1. The van der Waals surface area contributed by atoms with Crippen molar-refractivity contribution >= 4 is 23.6 Å². The van der Waals surface area contributed by atoms with Crippen LogP contribution in [-0.2, 0) is 19.2 Å². The van der Waals surface area contributed by atoms with Crippen molar-refractivity contribution in [3.63, 3.8) is 0 Å². The third-order valence-electron chi connectivity index (χ3n) is 6.94. The van der Waals surface area contributed by atoms with Gasteiger partial charge in [0.25, 0.3) is 0 Å². The summed E-state index contributed by atoms with van der Waals surface area (Å²) in [4.78, 5) is 52.8. The van der Waals surface area contributed by atoms with Crippen molar-refractivity contribution in [1.29, 1.82) is 5.26 Å². The van der Waals surface area contributed by atoms with Crippen molar-refractivity contribution in [2.75, 3.05) is 13.6 Å². The van der Waals surface area contributed by atoms with Crippen LogP contribution in [0.15, 0.2) is 0 Å². The molecule has 4 amide bonds. The van der Waals surface area contributed by atoms with Crippen molar-refractivity contribution in [3.05, 3.63) is 0 Å². The molecule has 0 aromatic rings. The van der Waals surface area contributed by atoms with Gasteiger partial charge in [-0.25, -0.2) is 0 Å². The fraction of sp³-hybridized carbons (Fsp3) is 0.800. The average molecular weight is 476 g/mol. The molecule has 0 aromatic heterocycles. The fourth-order valence-corrected chi connectivity index (χ4v) is 4.74. The van der Waals surface area contributed by atoms with Crippen LogP contribution in [0.25, 0.3) is 0 Å². The standard InChI is InChI=1S/C25H41N5O4/c1-6-9-19(22(32)28-18(15-26)14-17-12-13-27-21(17)31)30(5)23(33)20(16-10-7-8-11-16)29-24(34)25(2,3)4/h16-20H,6-14H2,1-5H3,(H,27,31)(H,28,32)(H,29,34)/t17-,18-,19-,20+/m0/s1. The van der Waals surface area contributed by atoms with Gasteiger partial charge >= 0.3 is 0 Å². The highest BCUT2D eigenvalue weighted by molar-refractivity contribution is 5.93. The van der Waals surface area contributed by atoms with Crippen LogP contribution in [0.2, 0.25) is 0 Å². The number of carbonyl (C=O) groups excluding carboxylic acids is 4.